The van der Waals surface area contributed by atoms with E-state index in [2.05, 4.69) is 0 Å². The number of ether oxygens (including phenoxy) is 2. The van der Waals surface area contributed by atoms with Crippen LogP contribution >= 0.6 is 34.7 Å². The lowest BCUT2D eigenvalue weighted by molar-refractivity contribution is -0.123. The zero-order valence-corrected chi connectivity index (χ0v) is 19.4. The van der Waals surface area contributed by atoms with Crippen LogP contribution in [0.1, 0.15) is 20.8 Å². The maximum absolute atomic E-state index is 14.1. The van der Waals surface area contributed by atoms with Crippen LogP contribution in [0.4, 0.5) is 9.18 Å². The van der Waals surface area contributed by atoms with Crippen molar-refractivity contribution in [3.05, 3.63) is 85.7 Å². The van der Waals surface area contributed by atoms with Crippen LogP contribution in [0.25, 0.3) is 6.08 Å². The first-order chi connectivity index (χ1) is 15.9. The smallest absolute Gasteiger partial charge is 0.353 e. The molecule has 1 aliphatic heterocycles. The molecule has 6 nitrogen and oxygen atoms in total. The Balaban J connectivity index is 1.54. The number of imide groups is 1. The van der Waals surface area contributed by atoms with Crippen molar-refractivity contribution in [3.8, 4) is 11.5 Å². The molecule has 0 saturated carbocycles. The van der Waals surface area contributed by atoms with E-state index in [9.17, 15) is 18.8 Å². The Morgan fingerprint density at radius 2 is 1.97 bits per heavy atom. The number of hydrogen-bond donors (Lipinski definition) is 0. The van der Waals surface area contributed by atoms with Gasteiger partial charge in [-0.3, -0.25) is 14.5 Å². The van der Waals surface area contributed by atoms with E-state index in [0.717, 1.165) is 16.7 Å². The van der Waals surface area contributed by atoms with Gasteiger partial charge in [0, 0.05) is 10.6 Å². The maximum atomic E-state index is 14.1. The lowest BCUT2D eigenvalue weighted by atomic mass is 10.1. The number of benzene rings is 2. The van der Waals surface area contributed by atoms with Gasteiger partial charge in [-0.05, 0) is 59.1 Å². The molecule has 1 saturated heterocycles. The average molecular weight is 504 g/mol. The summed E-state index contributed by atoms with van der Waals surface area (Å²) < 4.78 is 24.8. The number of methoxy groups -OCH3 is 1. The van der Waals surface area contributed by atoms with Crippen LogP contribution in [0.5, 0.6) is 11.5 Å². The highest BCUT2D eigenvalue weighted by Gasteiger charge is 2.36. The van der Waals surface area contributed by atoms with Crippen molar-refractivity contribution in [1.29, 1.82) is 0 Å². The van der Waals surface area contributed by atoms with Crippen molar-refractivity contribution in [2.75, 3.05) is 7.11 Å². The number of halogens is 2. The minimum Gasteiger partial charge on any atom is -0.493 e. The number of hydrogen-bond acceptors (Lipinski definition) is 7. The number of carbonyl (C=O) groups excluding carboxylic acids is 3. The summed E-state index contributed by atoms with van der Waals surface area (Å²) in [5.74, 6) is -1.16. The summed E-state index contributed by atoms with van der Waals surface area (Å²) in [5.41, 5.74) is 0.624. The second-order valence-electron chi connectivity index (χ2n) is 6.75. The van der Waals surface area contributed by atoms with E-state index in [-0.39, 0.29) is 33.5 Å². The highest BCUT2D eigenvalue weighted by Crippen LogP contribution is 2.36. The summed E-state index contributed by atoms with van der Waals surface area (Å²) in [6, 6.07) is 12.3. The molecule has 0 atom stereocenters. The van der Waals surface area contributed by atoms with E-state index >= 15 is 0 Å². The largest absolute Gasteiger partial charge is 0.493 e. The molecule has 10 heteroatoms. The molecule has 2 aromatic carbocycles. The van der Waals surface area contributed by atoms with E-state index in [4.69, 9.17) is 21.1 Å². The molecule has 2 heterocycles. The van der Waals surface area contributed by atoms with Crippen LogP contribution in [-0.4, -0.2) is 29.1 Å². The first kappa shape index (κ1) is 23.0. The molecule has 4 rings (SSSR count). The van der Waals surface area contributed by atoms with E-state index in [1.807, 2.05) is 0 Å². The molecule has 3 aromatic rings. The SMILES string of the molecule is COc1cc(/C=C2\SC(=O)N(Cc3c(F)cccc3Cl)C2=O)ccc1OC(=O)c1cccs1. The van der Waals surface area contributed by atoms with Gasteiger partial charge in [0.1, 0.15) is 10.7 Å². The summed E-state index contributed by atoms with van der Waals surface area (Å²) in [4.78, 5) is 39.0. The van der Waals surface area contributed by atoms with Crippen molar-refractivity contribution in [3.63, 3.8) is 0 Å². The maximum Gasteiger partial charge on any atom is 0.353 e. The predicted molar refractivity (Wildman–Crippen MR) is 125 cm³/mol. The normalized spacial score (nSPS) is 14.8. The summed E-state index contributed by atoms with van der Waals surface area (Å²) in [7, 11) is 1.42. The van der Waals surface area contributed by atoms with E-state index < -0.39 is 22.9 Å². The highest BCUT2D eigenvalue weighted by atomic mass is 35.5. The Morgan fingerprint density at radius 1 is 1.15 bits per heavy atom. The first-order valence-corrected chi connectivity index (χ1v) is 11.6. The van der Waals surface area contributed by atoms with E-state index in [0.29, 0.717) is 10.4 Å². The van der Waals surface area contributed by atoms with Crippen LogP contribution < -0.4 is 9.47 Å². The molecule has 1 aromatic heterocycles. The molecule has 2 amide bonds. The summed E-state index contributed by atoms with van der Waals surface area (Å²) in [5, 5.41) is 1.37. The second-order valence-corrected chi connectivity index (χ2v) is 9.09. The molecule has 1 fully saturated rings. The Hall–Kier alpha value is -3.14. The van der Waals surface area contributed by atoms with Crippen molar-refractivity contribution < 1.29 is 28.2 Å². The van der Waals surface area contributed by atoms with Gasteiger partial charge in [0.05, 0.1) is 18.6 Å². The van der Waals surface area contributed by atoms with E-state index in [1.165, 1.54) is 42.7 Å². The van der Waals surface area contributed by atoms with Crippen molar-refractivity contribution in [2.24, 2.45) is 0 Å². The predicted octanol–water partition coefficient (Wildman–Crippen LogP) is 6.00. The van der Waals surface area contributed by atoms with Gasteiger partial charge in [-0.15, -0.1) is 11.3 Å². The van der Waals surface area contributed by atoms with Crippen molar-refractivity contribution in [1.82, 2.24) is 4.90 Å². The Morgan fingerprint density at radius 3 is 2.67 bits per heavy atom. The monoisotopic (exact) mass is 503 g/mol. The van der Waals surface area contributed by atoms with Gasteiger partial charge >= 0.3 is 5.97 Å². The standard InChI is InChI=1S/C23H15ClFNO5S2/c1-30-18-10-13(7-8-17(18)31-22(28)19-6-3-9-32-19)11-20-21(27)26(23(29)33-20)12-14-15(24)4-2-5-16(14)25/h2-11H,12H2,1H3/b20-11-. The Bertz CT molecular complexity index is 1260. The molecule has 0 bridgehead atoms. The van der Waals surface area contributed by atoms with Gasteiger partial charge in [0.15, 0.2) is 11.5 Å². The van der Waals surface area contributed by atoms with Gasteiger partial charge in [0.25, 0.3) is 11.1 Å². The van der Waals surface area contributed by atoms with Gasteiger partial charge in [-0.25, -0.2) is 9.18 Å². The Kier molecular flexibility index (Phi) is 6.83. The minimum absolute atomic E-state index is 0.0706. The highest BCUT2D eigenvalue weighted by molar-refractivity contribution is 8.18. The average Bonchev–Trinajstić information content (AvgIpc) is 3.42. The first-order valence-electron chi connectivity index (χ1n) is 9.49. The van der Waals surface area contributed by atoms with Gasteiger partial charge < -0.3 is 9.47 Å². The molecule has 168 valence electrons. The molecular formula is C23H15ClFNO5S2. The molecule has 33 heavy (non-hydrogen) atoms. The number of nitrogens with zero attached hydrogens (tertiary/aromatic N) is 1. The molecule has 0 radical (unpaired) electrons. The number of thioether (sulfide) groups is 1. The molecule has 0 N–H and O–H groups in total. The third-order valence-electron chi connectivity index (χ3n) is 4.66. The van der Waals surface area contributed by atoms with Crippen molar-refractivity contribution >= 4 is 57.9 Å². The lowest BCUT2D eigenvalue weighted by Crippen LogP contribution is -2.28. The van der Waals surface area contributed by atoms with Gasteiger partial charge in [-0.1, -0.05) is 29.8 Å². The summed E-state index contributed by atoms with van der Waals surface area (Å²) in [6.45, 7) is -0.269. The molecule has 1 aliphatic rings. The number of rotatable bonds is 6. The topological polar surface area (TPSA) is 72.9 Å². The zero-order chi connectivity index (χ0) is 23.5. The van der Waals surface area contributed by atoms with Crippen molar-refractivity contribution in [2.45, 2.75) is 6.54 Å². The number of thiophene rings is 1. The fourth-order valence-electron chi connectivity index (χ4n) is 3.03. The second kappa shape index (κ2) is 9.78. The zero-order valence-electron chi connectivity index (χ0n) is 17.0. The third kappa shape index (κ3) is 4.95. The lowest BCUT2D eigenvalue weighted by Gasteiger charge is -2.14. The van der Waals surface area contributed by atoms with Crippen LogP contribution in [0.3, 0.4) is 0 Å². The van der Waals surface area contributed by atoms with E-state index in [1.54, 1.807) is 35.7 Å². The number of esters is 1. The molecular weight excluding hydrogens is 489 g/mol. The minimum atomic E-state index is -0.594. The van der Waals surface area contributed by atoms with Crippen LogP contribution in [-0.2, 0) is 11.3 Å². The fraction of sp³-hybridized carbons (Fsp3) is 0.0870. The number of amides is 2. The number of carbonyl (C=O) groups is 3. The Labute approximate surface area is 201 Å². The van der Waals surface area contributed by atoms with Gasteiger partial charge in [-0.2, -0.15) is 0 Å². The van der Waals surface area contributed by atoms with Crippen LogP contribution in [0.2, 0.25) is 5.02 Å². The fourth-order valence-corrected chi connectivity index (χ4v) is 4.69. The van der Waals surface area contributed by atoms with Crippen LogP contribution in [0, 0.1) is 5.82 Å². The molecule has 0 aliphatic carbocycles. The van der Waals surface area contributed by atoms with Crippen LogP contribution in [0.15, 0.2) is 58.8 Å². The quantitative estimate of drug-likeness (QED) is 0.233. The summed E-state index contributed by atoms with van der Waals surface area (Å²) in [6.07, 6.45) is 1.52. The molecule has 0 unspecified atom stereocenters. The molecule has 0 spiro atoms. The third-order valence-corrected chi connectivity index (χ3v) is 6.77. The summed E-state index contributed by atoms with van der Waals surface area (Å²) >= 11 is 8.03. The van der Waals surface area contributed by atoms with Gasteiger partial charge in [0.2, 0.25) is 0 Å².